The van der Waals surface area contributed by atoms with Gasteiger partial charge in [-0.15, -0.1) is 0 Å². The number of carbonyl (C=O) groups excluding carboxylic acids is 2. The maximum Gasteiger partial charge on any atom is 0.159 e. The number of Topliss-reactive ketones (excluding diaryl/α,β-unsaturated/α-hetero) is 2. The molecule has 0 heterocycles. The van der Waals surface area contributed by atoms with Gasteiger partial charge in [0.25, 0.3) is 0 Å². The molecule has 0 amide bonds. The van der Waals surface area contributed by atoms with Crippen molar-refractivity contribution < 1.29 is 9.59 Å². The molecule has 0 aliphatic heterocycles. The van der Waals surface area contributed by atoms with E-state index in [9.17, 15) is 9.59 Å². The predicted octanol–water partition coefficient (Wildman–Crippen LogP) is 7.66. The van der Waals surface area contributed by atoms with Crippen molar-refractivity contribution in [2.45, 2.75) is 13.8 Å². The second-order valence-electron chi connectivity index (χ2n) is 8.16. The van der Waals surface area contributed by atoms with Crippen LogP contribution in [0.4, 0.5) is 0 Å². The third kappa shape index (κ3) is 5.36. The Hall–Kier alpha value is -4.30. The Morgan fingerprint density at radius 3 is 0.971 bits per heavy atom. The van der Waals surface area contributed by atoms with Gasteiger partial charge in [-0.2, -0.15) is 0 Å². The van der Waals surface area contributed by atoms with Crippen LogP contribution in [0.2, 0.25) is 0 Å². The maximum absolute atomic E-state index is 11.7. The zero-order chi connectivity index (χ0) is 23.9. The number of benzene rings is 4. The summed E-state index contributed by atoms with van der Waals surface area (Å²) in [6, 6.07) is 35.9. The van der Waals surface area contributed by atoms with Crippen molar-refractivity contribution in [2.75, 3.05) is 0 Å². The first-order chi connectivity index (χ1) is 16.5. The van der Waals surface area contributed by atoms with Crippen LogP contribution in [-0.4, -0.2) is 11.6 Å². The van der Waals surface area contributed by atoms with Gasteiger partial charge in [-0.05, 0) is 47.2 Å². The smallest absolute Gasteiger partial charge is 0.159 e. The fourth-order valence-corrected chi connectivity index (χ4v) is 3.89. The van der Waals surface area contributed by atoms with Gasteiger partial charge in [0.05, 0.1) is 0 Å². The summed E-state index contributed by atoms with van der Waals surface area (Å²) in [5.41, 5.74) is 7.76. The standard InChI is InChI=1S/C32H26O2/c1-23(33)25-13-17-29(18-14-25)31(27-9-5-3-6-10-27)21-22-32(28-11-7-4-8-12-28)30-19-15-26(16-20-30)24(2)34/h3-22H,1-2H3/b31-21+,32-22+. The van der Waals surface area contributed by atoms with E-state index in [4.69, 9.17) is 0 Å². The number of hydrogen-bond acceptors (Lipinski definition) is 2. The first-order valence-corrected chi connectivity index (χ1v) is 11.3. The predicted molar refractivity (Wildman–Crippen MR) is 140 cm³/mol. The van der Waals surface area contributed by atoms with E-state index in [1.54, 1.807) is 13.8 Å². The molecule has 2 nitrogen and oxygen atoms in total. The van der Waals surface area contributed by atoms with Gasteiger partial charge in [-0.25, -0.2) is 0 Å². The normalized spacial score (nSPS) is 11.8. The van der Waals surface area contributed by atoms with Crippen molar-refractivity contribution in [3.05, 3.63) is 155 Å². The summed E-state index contributed by atoms with van der Waals surface area (Å²) in [5, 5.41) is 0. The zero-order valence-electron chi connectivity index (χ0n) is 19.4. The molecule has 2 heteroatoms. The molecular weight excluding hydrogens is 416 g/mol. The molecular formula is C32H26O2. The molecule has 0 spiro atoms. The lowest BCUT2D eigenvalue weighted by Gasteiger charge is -2.11. The minimum absolute atomic E-state index is 0.0528. The van der Waals surface area contributed by atoms with E-state index in [1.165, 1.54) is 0 Å². The van der Waals surface area contributed by atoms with Gasteiger partial charge in [0.15, 0.2) is 11.6 Å². The van der Waals surface area contributed by atoms with E-state index < -0.39 is 0 Å². The number of hydrogen-bond donors (Lipinski definition) is 0. The molecule has 4 aromatic carbocycles. The highest BCUT2D eigenvalue weighted by molar-refractivity contribution is 5.95. The van der Waals surface area contributed by atoms with E-state index >= 15 is 0 Å². The van der Waals surface area contributed by atoms with E-state index in [1.807, 2.05) is 84.9 Å². The second-order valence-corrected chi connectivity index (χ2v) is 8.16. The van der Waals surface area contributed by atoms with Crippen LogP contribution in [0.15, 0.2) is 121 Å². The van der Waals surface area contributed by atoms with E-state index in [2.05, 4.69) is 36.4 Å². The molecule has 0 N–H and O–H groups in total. The fraction of sp³-hybridized carbons (Fsp3) is 0.0625. The zero-order valence-corrected chi connectivity index (χ0v) is 19.4. The monoisotopic (exact) mass is 442 g/mol. The summed E-state index contributed by atoms with van der Waals surface area (Å²) >= 11 is 0. The molecule has 166 valence electrons. The summed E-state index contributed by atoms with van der Waals surface area (Å²) < 4.78 is 0. The summed E-state index contributed by atoms with van der Waals surface area (Å²) in [4.78, 5) is 23.5. The Morgan fingerprint density at radius 2 is 0.676 bits per heavy atom. The minimum Gasteiger partial charge on any atom is -0.295 e. The van der Waals surface area contributed by atoms with Crippen LogP contribution in [0.3, 0.4) is 0 Å². The quantitative estimate of drug-likeness (QED) is 0.217. The Morgan fingerprint density at radius 1 is 0.412 bits per heavy atom. The molecule has 4 rings (SSSR count). The number of carbonyl (C=O) groups is 2. The van der Waals surface area contributed by atoms with Crippen molar-refractivity contribution >= 4 is 22.7 Å². The van der Waals surface area contributed by atoms with Gasteiger partial charge < -0.3 is 0 Å². The average Bonchev–Trinajstić information content (AvgIpc) is 2.88. The Bertz CT molecular complexity index is 1230. The van der Waals surface area contributed by atoms with Gasteiger partial charge in [0.1, 0.15) is 0 Å². The van der Waals surface area contributed by atoms with Crippen LogP contribution in [0.25, 0.3) is 11.1 Å². The molecule has 0 aliphatic rings. The van der Waals surface area contributed by atoms with Crippen molar-refractivity contribution in [3.8, 4) is 0 Å². The van der Waals surface area contributed by atoms with Gasteiger partial charge >= 0.3 is 0 Å². The van der Waals surface area contributed by atoms with Gasteiger partial charge in [0, 0.05) is 11.1 Å². The molecule has 0 fully saturated rings. The molecule has 0 aromatic heterocycles. The van der Waals surface area contributed by atoms with Crippen LogP contribution in [0.5, 0.6) is 0 Å². The molecule has 0 aliphatic carbocycles. The first kappa shape index (κ1) is 22.9. The molecule has 4 aromatic rings. The Labute approximate surface area is 200 Å². The molecule has 0 atom stereocenters. The van der Waals surface area contributed by atoms with Crippen LogP contribution in [0.1, 0.15) is 56.8 Å². The van der Waals surface area contributed by atoms with Crippen molar-refractivity contribution in [1.82, 2.24) is 0 Å². The summed E-state index contributed by atoms with van der Waals surface area (Å²) in [5.74, 6) is 0.106. The fourth-order valence-electron chi connectivity index (χ4n) is 3.89. The summed E-state index contributed by atoms with van der Waals surface area (Å²) in [7, 11) is 0. The third-order valence-electron chi connectivity index (χ3n) is 5.79. The van der Waals surface area contributed by atoms with Crippen molar-refractivity contribution in [3.63, 3.8) is 0 Å². The summed E-state index contributed by atoms with van der Waals surface area (Å²) in [6.07, 6.45) is 4.25. The highest BCUT2D eigenvalue weighted by atomic mass is 16.1. The van der Waals surface area contributed by atoms with E-state index in [0.29, 0.717) is 11.1 Å². The van der Waals surface area contributed by atoms with Crippen molar-refractivity contribution in [1.29, 1.82) is 0 Å². The molecule has 0 saturated carbocycles. The van der Waals surface area contributed by atoms with Crippen LogP contribution >= 0.6 is 0 Å². The highest BCUT2D eigenvalue weighted by Gasteiger charge is 2.09. The third-order valence-corrected chi connectivity index (χ3v) is 5.79. The molecule has 0 saturated heterocycles. The number of allylic oxidation sites excluding steroid dienone is 2. The van der Waals surface area contributed by atoms with E-state index in [-0.39, 0.29) is 11.6 Å². The maximum atomic E-state index is 11.7. The van der Waals surface area contributed by atoms with Gasteiger partial charge in [0.2, 0.25) is 0 Å². The highest BCUT2D eigenvalue weighted by Crippen LogP contribution is 2.28. The minimum atomic E-state index is 0.0528. The van der Waals surface area contributed by atoms with E-state index in [0.717, 1.165) is 33.4 Å². The molecule has 34 heavy (non-hydrogen) atoms. The summed E-state index contributed by atoms with van der Waals surface area (Å²) in [6.45, 7) is 3.16. The largest absolute Gasteiger partial charge is 0.295 e. The number of rotatable bonds is 7. The van der Waals surface area contributed by atoms with Gasteiger partial charge in [-0.1, -0.05) is 121 Å². The SMILES string of the molecule is CC(=O)c1ccc(/C(=C/C=C(\c2ccccc2)c2ccc(C(C)=O)cc2)c2ccccc2)cc1. The second kappa shape index (κ2) is 10.5. The first-order valence-electron chi connectivity index (χ1n) is 11.3. The van der Waals surface area contributed by atoms with Crippen LogP contribution in [0, 0.1) is 0 Å². The van der Waals surface area contributed by atoms with Gasteiger partial charge in [-0.3, -0.25) is 9.59 Å². The molecule has 0 radical (unpaired) electrons. The lowest BCUT2D eigenvalue weighted by molar-refractivity contribution is 0.100. The molecule has 0 bridgehead atoms. The lowest BCUT2D eigenvalue weighted by Crippen LogP contribution is -1.94. The topological polar surface area (TPSA) is 34.1 Å². The van der Waals surface area contributed by atoms with Crippen molar-refractivity contribution in [2.24, 2.45) is 0 Å². The van der Waals surface area contributed by atoms with Crippen LogP contribution in [-0.2, 0) is 0 Å². The average molecular weight is 443 g/mol. The van der Waals surface area contributed by atoms with Crippen LogP contribution < -0.4 is 0 Å². The Balaban J connectivity index is 1.85. The molecule has 0 unspecified atom stereocenters. The lowest BCUT2D eigenvalue weighted by atomic mass is 9.93. The Kier molecular flexibility index (Phi) is 7.10. The number of ketones is 2.